The van der Waals surface area contributed by atoms with Crippen molar-refractivity contribution >= 4 is 22.4 Å². The van der Waals surface area contributed by atoms with E-state index in [0.717, 1.165) is 22.1 Å². The third kappa shape index (κ3) is 3.61. The predicted octanol–water partition coefficient (Wildman–Crippen LogP) is 3.71. The number of hydrogen-bond acceptors (Lipinski definition) is 4. The molecule has 3 aromatic carbocycles. The van der Waals surface area contributed by atoms with E-state index in [-0.39, 0.29) is 11.3 Å². The van der Waals surface area contributed by atoms with E-state index in [0.29, 0.717) is 5.71 Å². The molecule has 0 aromatic heterocycles. The van der Waals surface area contributed by atoms with Gasteiger partial charge in [0.2, 0.25) is 0 Å². The van der Waals surface area contributed by atoms with E-state index in [1.807, 2.05) is 43.3 Å². The summed E-state index contributed by atoms with van der Waals surface area (Å²) in [6, 6.07) is 18.1. The number of amides is 1. The van der Waals surface area contributed by atoms with Crippen LogP contribution in [-0.2, 0) is 0 Å². The Morgan fingerprint density at radius 1 is 1.04 bits per heavy atom. The fraction of sp³-hybridized carbons (Fsp3) is 0.100. The van der Waals surface area contributed by atoms with Crippen molar-refractivity contribution in [2.45, 2.75) is 6.92 Å². The Labute approximate surface area is 145 Å². The minimum Gasteiger partial charge on any atom is -0.507 e. The first-order valence-electron chi connectivity index (χ1n) is 7.79. The second-order valence-electron chi connectivity index (χ2n) is 5.58. The van der Waals surface area contributed by atoms with Gasteiger partial charge in [0, 0.05) is 0 Å². The summed E-state index contributed by atoms with van der Waals surface area (Å²) in [5.41, 5.74) is 4.22. The number of carbonyl (C=O) groups excluding carboxylic acids is 1. The normalized spacial score (nSPS) is 11.4. The highest BCUT2D eigenvalue weighted by molar-refractivity contribution is 6.03. The van der Waals surface area contributed by atoms with Crippen LogP contribution < -0.4 is 10.2 Å². The van der Waals surface area contributed by atoms with Gasteiger partial charge >= 0.3 is 0 Å². The highest BCUT2D eigenvalue weighted by Gasteiger charge is 2.09. The molecular weight excluding hydrogens is 316 g/mol. The highest BCUT2D eigenvalue weighted by atomic mass is 16.5. The molecule has 0 saturated carbocycles. The molecule has 3 aromatic rings. The molecule has 0 unspecified atom stereocenters. The van der Waals surface area contributed by atoms with Gasteiger partial charge < -0.3 is 9.84 Å². The van der Waals surface area contributed by atoms with Gasteiger partial charge in [-0.3, -0.25) is 4.79 Å². The predicted molar refractivity (Wildman–Crippen MR) is 98.3 cm³/mol. The van der Waals surface area contributed by atoms with Gasteiger partial charge in [0.1, 0.15) is 11.5 Å². The first kappa shape index (κ1) is 16.5. The molecule has 0 radical (unpaired) electrons. The molecule has 2 N–H and O–H groups in total. The van der Waals surface area contributed by atoms with Crippen molar-refractivity contribution in [2.24, 2.45) is 5.10 Å². The summed E-state index contributed by atoms with van der Waals surface area (Å²) < 4.78 is 5.22. The number of para-hydroxylation sites is 1. The van der Waals surface area contributed by atoms with E-state index in [4.69, 9.17) is 4.74 Å². The Hall–Kier alpha value is -3.34. The van der Waals surface area contributed by atoms with Crippen molar-refractivity contribution in [3.05, 3.63) is 71.8 Å². The summed E-state index contributed by atoms with van der Waals surface area (Å²) >= 11 is 0. The van der Waals surface area contributed by atoms with Crippen LogP contribution in [0.15, 0.2) is 65.8 Å². The number of aromatic hydroxyl groups is 1. The van der Waals surface area contributed by atoms with Crippen LogP contribution in [0.25, 0.3) is 10.8 Å². The van der Waals surface area contributed by atoms with Crippen molar-refractivity contribution in [2.75, 3.05) is 7.11 Å². The summed E-state index contributed by atoms with van der Waals surface area (Å²) in [4.78, 5) is 12.1. The quantitative estimate of drug-likeness (QED) is 0.564. The number of hydrazone groups is 1. The van der Waals surface area contributed by atoms with E-state index in [9.17, 15) is 9.90 Å². The van der Waals surface area contributed by atoms with Crippen LogP contribution in [0.2, 0.25) is 0 Å². The topological polar surface area (TPSA) is 70.9 Å². The van der Waals surface area contributed by atoms with Crippen LogP contribution in [-0.4, -0.2) is 23.8 Å². The minimum absolute atomic E-state index is 0.0764. The molecular formula is C20H18N2O3. The minimum atomic E-state index is -0.456. The molecule has 0 saturated heterocycles. The Bertz CT molecular complexity index is 964. The first-order chi connectivity index (χ1) is 12.1. The van der Waals surface area contributed by atoms with Gasteiger partial charge in [-0.1, -0.05) is 30.3 Å². The van der Waals surface area contributed by atoms with Crippen molar-refractivity contribution in [1.82, 2.24) is 5.43 Å². The number of rotatable bonds is 4. The third-order valence-electron chi connectivity index (χ3n) is 3.94. The van der Waals surface area contributed by atoms with Gasteiger partial charge in [0.25, 0.3) is 5.91 Å². The molecule has 25 heavy (non-hydrogen) atoms. The van der Waals surface area contributed by atoms with Gasteiger partial charge in [-0.25, -0.2) is 5.43 Å². The Balaban J connectivity index is 1.81. The van der Waals surface area contributed by atoms with E-state index < -0.39 is 5.91 Å². The van der Waals surface area contributed by atoms with Crippen LogP contribution in [0.1, 0.15) is 22.8 Å². The van der Waals surface area contributed by atoms with Gasteiger partial charge in [-0.2, -0.15) is 5.10 Å². The molecule has 1 amide bonds. The number of ether oxygens (including phenoxy) is 1. The van der Waals surface area contributed by atoms with Crippen molar-refractivity contribution in [3.8, 4) is 11.5 Å². The van der Waals surface area contributed by atoms with Crippen LogP contribution >= 0.6 is 0 Å². The lowest BCUT2D eigenvalue weighted by Gasteiger charge is -2.07. The highest BCUT2D eigenvalue weighted by Crippen LogP contribution is 2.22. The molecule has 0 aliphatic heterocycles. The lowest BCUT2D eigenvalue weighted by Crippen LogP contribution is -2.19. The third-order valence-corrected chi connectivity index (χ3v) is 3.94. The standard InChI is InChI=1S/C20H18N2O3/c1-13(21-22-20(24)18-5-3-4-6-19(18)23)14-7-8-16-12-17(25-2)10-9-15(16)11-14/h3-12,23H,1-2H3,(H,22,24)/b21-13+. The maximum Gasteiger partial charge on any atom is 0.275 e. The Morgan fingerprint density at radius 3 is 2.52 bits per heavy atom. The molecule has 0 bridgehead atoms. The van der Waals surface area contributed by atoms with Crippen molar-refractivity contribution in [1.29, 1.82) is 0 Å². The van der Waals surface area contributed by atoms with E-state index in [1.165, 1.54) is 6.07 Å². The second-order valence-corrected chi connectivity index (χ2v) is 5.58. The smallest absolute Gasteiger partial charge is 0.275 e. The molecule has 0 fully saturated rings. The molecule has 0 spiro atoms. The van der Waals surface area contributed by atoms with Gasteiger partial charge in [-0.15, -0.1) is 0 Å². The maximum absolute atomic E-state index is 12.1. The summed E-state index contributed by atoms with van der Waals surface area (Å²) in [5.74, 6) is 0.274. The van der Waals surface area contributed by atoms with E-state index >= 15 is 0 Å². The number of phenolic OH excluding ortho intramolecular Hbond substituents is 1. The summed E-state index contributed by atoms with van der Waals surface area (Å²) in [5, 5.41) is 16.0. The average Bonchev–Trinajstić information content (AvgIpc) is 2.65. The molecule has 0 aliphatic carbocycles. The van der Waals surface area contributed by atoms with Crippen LogP contribution in [0.5, 0.6) is 11.5 Å². The summed E-state index contributed by atoms with van der Waals surface area (Å²) in [6.07, 6.45) is 0. The summed E-state index contributed by atoms with van der Waals surface area (Å²) in [6.45, 7) is 1.82. The zero-order valence-corrected chi connectivity index (χ0v) is 14.0. The van der Waals surface area contributed by atoms with Crippen LogP contribution in [0.4, 0.5) is 0 Å². The lowest BCUT2D eigenvalue weighted by atomic mass is 10.0. The molecule has 5 nitrogen and oxygen atoms in total. The Morgan fingerprint density at radius 2 is 1.76 bits per heavy atom. The van der Waals surface area contributed by atoms with Gasteiger partial charge in [0.15, 0.2) is 0 Å². The Kier molecular flexibility index (Phi) is 4.66. The number of benzene rings is 3. The van der Waals surface area contributed by atoms with Crippen molar-refractivity contribution in [3.63, 3.8) is 0 Å². The van der Waals surface area contributed by atoms with Crippen LogP contribution in [0.3, 0.4) is 0 Å². The number of nitrogens with one attached hydrogen (secondary N) is 1. The summed E-state index contributed by atoms with van der Waals surface area (Å²) in [7, 11) is 1.64. The fourth-order valence-corrected chi connectivity index (χ4v) is 2.50. The molecule has 0 heterocycles. The molecule has 0 atom stereocenters. The zero-order chi connectivity index (χ0) is 17.8. The van der Waals surface area contributed by atoms with Gasteiger partial charge in [-0.05, 0) is 53.6 Å². The molecule has 126 valence electrons. The number of hydrogen-bond donors (Lipinski definition) is 2. The monoisotopic (exact) mass is 334 g/mol. The molecule has 5 heteroatoms. The number of phenols is 1. The fourth-order valence-electron chi connectivity index (χ4n) is 2.50. The maximum atomic E-state index is 12.1. The molecule has 3 rings (SSSR count). The number of fused-ring (bicyclic) bond motifs is 1. The van der Waals surface area contributed by atoms with E-state index in [1.54, 1.807) is 25.3 Å². The number of nitrogens with zero attached hydrogens (tertiary/aromatic N) is 1. The average molecular weight is 334 g/mol. The SMILES string of the molecule is COc1ccc2cc(/C(C)=N/NC(=O)c3ccccc3O)ccc2c1. The lowest BCUT2D eigenvalue weighted by molar-refractivity contribution is 0.0952. The number of methoxy groups -OCH3 is 1. The van der Waals surface area contributed by atoms with E-state index in [2.05, 4.69) is 10.5 Å². The number of carbonyl (C=O) groups is 1. The van der Waals surface area contributed by atoms with Crippen LogP contribution in [0, 0.1) is 0 Å². The first-order valence-corrected chi connectivity index (χ1v) is 7.79. The zero-order valence-electron chi connectivity index (χ0n) is 14.0. The van der Waals surface area contributed by atoms with Gasteiger partial charge in [0.05, 0.1) is 18.4 Å². The molecule has 0 aliphatic rings. The second kappa shape index (κ2) is 7.05. The van der Waals surface area contributed by atoms with Crippen molar-refractivity contribution < 1.29 is 14.6 Å². The largest absolute Gasteiger partial charge is 0.507 e.